The second kappa shape index (κ2) is 7.89. The number of hydrogen-bond acceptors (Lipinski definition) is 8. The number of aryl methyl sites for hydroxylation is 2. The van der Waals surface area contributed by atoms with E-state index in [1.807, 2.05) is 19.1 Å². The van der Waals surface area contributed by atoms with E-state index in [9.17, 15) is 9.59 Å². The Labute approximate surface area is 181 Å². The zero-order valence-corrected chi connectivity index (χ0v) is 18.5. The molecule has 0 radical (unpaired) electrons. The molecule has 4 rings (SSSR count). The van der Waals surface area contributed by atoms with Gasteiger partial charge in [0.15, 0.2) is 5.82 Å². The summed E-state index contributed by atoms with van der Waals surface area (Å²) in [6, 6.07) is 3.65. The Morgan fingerprint density at radius 2 is 1.67 bits per heavy atom. The zero-order valence-electron chi connectivity index (χ0n) is 16.9. The van der Waals surface area contributed by atoms with Crippen LogP contribution >= 0.6 is 22.7 Å². The molecule has 0 bridgehead atoms. The number of carbonyl (C=O) groups excluding carboxylic acids is 2. The van der Waals surface area contributed by atoms with Crippen molar-refractivity contribution in [3.8, 4) is 0 Å². The number of H-pyrrole nitrogens is 1. The Balaban J connectivity index is 2.03. The Morgan fingerprint density at radius 1 is 1.13 bits per heavy atom. The molecular formula is C19H23N7O2S2. The third kappa shape index (κ3) is 3.22. The van der Waals surface area contributed by atoms with Gasteiger partial charge in [-0.1, -0.05) is 5.21 Å². The summed E-state index contributed by atoms with van der Waals surface area (Å²) in [5, 5.41) is 20.5. The van der Waals surface area contributed by atoms with E-state index in [4.69, 9.17) is 5.73 Å². The van der Waals surface area contributed by atoms with Gasteiger partial charge in [-0.15, -0.1) is 32.9 Å². The summed E-state index contributed by atoms with van der Waals surface area (Å²) in [4.78, 5) is 28.2. The number of hydrogen-bond donors (Lipinski definition) is 4. The van der Waals surface area contributed by atoms with E-state index < -0.39 is 5.41 Å². The van der Waals surface area contributed by atoms with E-state index >= 15 is 0 Å². The summed E-state index contributed by atoms with van der Waals surface area (Å²) >= 11 is 2.97. The van der Waals surface area contributed by atoms with E-state index in [-0.39, 0.29) is 17.9 Å². The molecular weight excluding hydrogens is 422 g/mol. The number of thiophene rings is 2. The number of nitrogens with two attached hydrogens (primary N) is 1. The first-order valence-corrected chi connectivity index (χ1v) is 11.2. The van der Waals surface area contributed by atoms with Crippen molar-refractivity contribution in [1.82, 2.24) is 31.3 Å². The SMILES string of the molecule is CNC(=O)c1cc2c(s1)CCc1sc(C(=O)NC)cc1C2(C[C@@H](C)N)c1nn[nH]n1. The number of nitrogens with zero attached hydrogens (tertiary/aromatic N) is 3. The van der Waals surface area contributed by atoms with Crippen molar-refractivity contribution in [3.05, 3.63) is 48.6 Å². The molecule has 30 heavy (non-hydrogen) atoms. The summed E-state index contributed by atoms with van der Waals surface area (Å²) in [7, 11) is 3.24. The van der Waals surface area contributed by atoms with Crippen molar-refractivity contribution in [3.63, 3.8) is 0 Å². The second-order valence-corrected chi connectivity index (χ2v) is 9.65. The molecule has 1 aliphatic carbocycles. The van der Waals surface area contributed by atoms with Crippen LogP contribution in [0.15, 0.2) is 12.1 Å². The first kappa shape index (κ1) is 20.6. The zero-order chi connectivity index (χ0) is 21.5. The van der Waals surface area contributed by atoms with Gasteiger partial charge >= 0.3 is 0 Å². The smallest absolute Gasteiger partial charge is 0.261 e. The van der Waals surface area contributed by atoms with Crippen molar-refractivity contribution in [1.29, 1.82) is 0 Å². The molecule has 0 unspecified atom stereocenters. The van der Waals surface area contributed by atoms with Gasteiger partial charge in [0, 0.05) is 29.9 Å². The molecule has 0 aromatic carbocycles. The third-order valence-electron chi connectivity index (χ3n) is 5.37. The highest BCUT2D eigenvalue weighted by Crippen LogP contribution is 2.50. The normalized spacial score (nSPS) is 15.6. The fourth-order valence-corrected chi connectivity index (χ4v) is 6.54. The maximum Gasteiger partial charge on any atom is 0.261 e. The standard InChI is InChI=1S/C19H23N7O2S2/c1-9(20)8-19(18-23-25-26-24-18)10-6-14(16(27)21-2)29-12(10)4-5-13-11(19)7-15(30-13)17(28)22-3/h6-7,9H,4-5,8,20H2,1-3H3,(H,21,27)(H,22,28)(H,23,24,25,26)/t9-/m1/s1. The lowest BCUT2D eigenvalue weighted by Gasteiger charge is -2.32. The molecule has 158 valence electrons. The number of aromatic amines is 1. The fourth-order valence-electron chi connectivity index (χ4n) is 4.17. The average Bonchev–Trinajstić information content (AvgIpc) is 3.48. The van der Waals surface area contributed by atoms with Crippen LogP contribution < -0.4 is 16.4 Å². The van der Waals surface area contributed by atoms with Gasteiger partial charge in [0.2, 0.25) is 0 Å². The minimum absolute atomic E-state index is 0.132. The van der Waals surface area contributed by atoms with E-state index in [1.165, 1.54) is 22.7 Å². The molecule has 9 nitrogen and oxygen atoms in total. The number of aromatic nitrogens is 4. The molecule has 11 heteroatoms. The van der Waals surface area contributed by atoms with Crippen LogP contribution in [0.25, 0.3) is 0 Å². The monoisotopic (exact) mass is 445 g/mol. The Hall–Kier alpha value is -2.63. The van der Waals surface area contributed by atoms with Crippen LogP contribution in [0.3, 0.4) is 0 Å². The lowest BCUT2D eigenvalue weighted by atomic mass is 9.70. The van der Waals surface area contributed by atoms with Gasteiger partial charge in [-0.25, -0.2) is 0 Å². The van der Waals surface area contributed by atoms with Gasteiger partial charge in [-0.05, 0) is 49.4 Å². The summed E-state index contributed by atoms with van der Waals surface area (Å²) in [6.07, 6.45) is 2.03. The van der Waals surface area contributed by atoms with Crippen LogP contribution in [0, 0.1) is 0 Å². The van der Waals surface area contributed by atoms with Gasteiger partial charge in [0.05, 0.1) is 15.2 Å². The van der Waals surface area contributed by atoms with Crippen molar-refractivity contribution in [2.75, 3.05) is 14.1 Å². The molecule has 1 atom stereocenters. The molecule has 0 fully saturated rings. The molecule has 2 amide bonds. The third-order valence-corrected chi connectivity index (χ3v) is 7.76. The van der Waals surface area contributed by atoms with Crippen molar-refractivity contribution < 1.29 is 9.59 Å². The van der Waals surface area contributed by atoms with Gasteiger partial charge in [0.1, 0.15) is 0 Å². The average molecular weight is 446 g/mol. The Kier molecular flexibility index (Phi) is 5.43. The van der Waals surface area contributed by atoms with Gasteiger partial charge in [0.25, 0.3) is 11.8 Å². The van der Waals surface area contributed by atoms with Gasteiger partial charge in [-0.2, -0.15) is 5.21 Å². The highest BCUT2D eigenvalue weighted by Gasteiger charge is 2.47. The molecule has 0 aliphatic heterocycles. The molecule has 3 aromatic heterocycles. The van der Waals surface area contributed by atoms with Crippen LogP contribution in [-0.4, -0.2) is 52.6 Å². The summed E-state index contributed by atoms with van der Waals surface area (Å²) in [5.74, 6) is 0.228. The lowest BCUT2D eigenvalue weighted by molar-refractivity contribution is 0.0959. The predicted molar refractivity (Wildman–Crippen MR) is 115 cm³/mol. The van der Waals surface area contributed by atoms with Crippen LogP contribution in [0.2, 0.25) is 0 Å². The molecule has 3 heterocycles. The first-order chi connectivity index (χ1) is 14.4. The highest BCUT2D eigenvalue weighted by molar-refractivity contribution is 7.15. The Bertz CT molecular complexity index is 1020. The lowest BCUT2D eigenvalue weighted by Crippen LogP contribution is -2.37. The maximum atomic E-state index is 12.4. The quantitative estimate of drug-likeness (QED) is 0.466. The number of rotatable bonds is 5. The molecule has 3 aromatic rings. The second-order valence-electron chi connectivity index (χ2n) is 7.38. The van der Waals surface area contributed by atoms with E-state index in [0.29, 0.717) is 22.0 Å². The van der Waals surface area contributed by atoms with Gasteiger partial charge < -0.3 is 16.4 Å². The first-order valence-electron chi connectivity index (χ1n) is 9.60. The minimum atomic E-state index is -0.798. The maximum absolute atomic E-state index is 12.4. The molecule has 1 aliphatic rings. The summed E-state index contributed by atoms with van der Waals surface area (Å²) in [6.45, 7) is 1.93. The number of fused-ring (bicyclic) bond motifs is 2. The number of carbonyl (C=O) groups is 2. The fraction of sp³-hybridized carbons (Fsp3) is 0.421. The summed E-state index contributed by atoms with van der Waals surface area (Å²) < 4.78 is 0. The van der Waals surface area contributed by atoms with Crippen LogP contribution in [-0.2, 0) is 18.3 Å². The minimum Gasteiger partial charge on any atom is -0.354 e. The molecule has 0 saturated heterocycles. The van der Waals surface area contributed by atoms with E-state index in [0.717, 1.165) is 33.7 Å². The molecule has 0 saturated carbocycles. The number of amides is 2. The molecule has 0 spiro atoms. The Morgan fingerprint density at radius 3 is 2.07 bits per heavy atom. The largest absolute Gasteiger partial charge is 0.354 e. The van der Waals surface area contributed by atoms with Crippen LogP contribution in [0.4, 0.5) is 0 Å². The number of tetrazole rings is 1. The van der Waals surface area contributed by atoms with Crippen LogP contribution in [0.5, 0.6) is 0 Å². The van der Waals surface area contributed by atoms with Crippen molar-refractivity contribution in [2.24, 2.45) is 5.73 Å². The molecule has 5 N–H and O–H groups in total. The summed E-state index contributed by atoms with van der Waals surface area (Å²) in [5.41, 5.74) is 7.46. The highest BCUT2D eigenvalue weighted by atomic mass is 32.1. The number of nitrogens with one attached hydrogen (secondary N) is 3. The predicted octanol–water partition coefficient (Wildman–Crippen LogP) is 1.21. The van der Waals surface area contributed by atoms with Gasteiger partial charge in [-0.3, -0.25) is 9.59 Å². The van der Waals surface area contributed by atoms with E-state index in [1.54, 1.807) is 14.1 Å². The van der Waals surface area contributed by atoms with E-state index in [2.05, 4.69) is 31.3 Å². The topological polar surface area (TPSA) is 139 Å². The van der Waals surface area contributed by atoms with Crippen molar-refractivity contribution >= 4 is 34.5 Å². The van der Waals surface area contributed by atoms with Crippen LogP contribution in [0.1, 0.15) is 59.4 Å². The van der Waals surface area contributed by atoms with Crippen molar-refractivity contribution in [2.45, 2.75) is 37.6 Å².